The Balaban J connectivity index is 1.16. The van der Waals surface area contributed by atoms with E-state index in [9.17, 15) is 9.59 Å². The molecule has 0 spiro atoms. The van der Waals surface area contributed by atoms with E-state index in [0.717, 1.165) is 66.6 Å². The summed E-state index contributed by atoms with van der Waals surface area (Å²) in [6, 6.07) is 9.60. The number of anilines is 3. The zero-order chi connectivity index (χ0) is 21.2. The van der Waals surface area contributed by atoms with Gasteiger partial charge in [-0.15, -0.1) is 11.3 Å². The Kier molecular flexibility index (Phi) is 5.52. The van der Waals surface area contributed by atoms with E-state index in [-0.39, 0.29) is 11.8 Å². The molecule has 8 nitrogen and oxygen atoms in total. The molecule has 2 fully saturated rings. The Hall–Kier alpha value is -3.04. The fourth-order valence-electron chi connectivity index (χ4n) is 4.22. The normalized spacial score (nSPS) is 17.5. The highest BCUT2D eigenvalue weighted by Crippen LogP contribution is 2.27. The number of nitrogens with zero attached hydrogens (tertiary/aromatic N) is 5. The van der Waals surface area contributed by atoms with Crippen molar-refractivity contribution in [2.75, 3.05) is 54.4 Å². The molecule has 0 bridgehead atoms. The van der Waals surface area contributed by atoms with Gasteiger partial charge in [0, 0.05) is 50.5 Å². The SMILES string of the molecule is O=C(CN1CCN(c2ncnc3sccc23)CC1)Nc1cccc(N2CCCC2=O)c1. The van der Waals surface area contributed by atoms with Gasteiger partial charge in [0.15, 0.2) is 0 Å². The van der Waals surface area contributed by atoms with Crippen molar-refractivity contribution in [2.45, 2.75) is 12.8 Å². The molecule has 31 heavy (non-hydrogen) atoms. The average Bonchev–Trinajstić information content (AvgIpc) is 3.43. The van der Waals surface area contributed by atoms with Crippen LogP contribution in [0.3, 0.4) is 0 Å². The maximum atomic E-state index is 12.6. The summed E-state index contributed by atoms with van der Waals surface area (Å²) in [6.45, 7) is 4.32. The summed E-state index contributed by atoms with van der Waals surface area (Å²) in [5, 5.41) is 6.11. The van der Waals surface area contributed by atoms with Gasteiger partial charge in [0.2, 0.25) is 11.8 Å². The molecule has 2 aliphatic heterocycles. The van der Waals surface area contributed by atoms with Crippen LogP contribution in [0.5, 0.6) is 0 Å². The molecule has 1 N–H and O–H groups in total. The van der Waals surface area contributed by atoms with E-state index >= 15 is 0 Å². The van der Waals surface area contributed by atoms with Crippen LogP contribution in [0.4, 0.5) is 17.2 Å². The number of carbonyl (C=O) groups is 2. The first-order valence-electron chi connectivity index (χ1n) is 10.5. The van der Waals surface area contributed by atoms with Gasteiger partial charge in [0.05, 0.1) is 11.9 Å². The van der Waals surface area contributed by atoms with Gasteiger partial charge in [-0.2, -0.15) is 0 Å². The lowest BCUT2D eigenvalue weighted by molar-refractivity contribution is -0.118. The lowest BCUT2D eigenvalue weighted by Crippen LogP contribution is -2.49. The number of benzene rings is 1. The van der Waals surface area contributed by atoms with Gasteiger partial charge >= 0.3 is 0 Å². The van der Waals surface area contributed by atoms with Gasteiger partial charge in [0.1, 0.15) is 17.0 Å². The molecule has 2 saturated heterocycles. The Labute approximate surface area is 184 Å². The summed E-state index contributed by atoms with van der Waals surface area (Å²) >= 11 is 1.62. The molecule has 9 heteroatoms. The third-order valence-corrected chi connectivity index (χ3v) is 6.62. The van der Waals surface area contributed by atoms with Crippen molar-refractivity contribution in [1.82, 2.24) is 14.9 Å². The maximum Gasteiger partial charge on any atom is 0.238 e. The first-order chi connectivity index (χ1) is 15.2. The van der Waals surface area contributed by atoms with E-state index in [2.05, 4.69) is 31.2 Å². The molecule has 3 aromatic rings. The molecule has 0 aliphatic carbocycles. The Bertz CT molecular complexity index is 1110. The number of thiophene rings is 1. The monoisotopic (exact) mass is 436 g/mol. The van der Waals surface area contributed by atoms with Crippen LogP contribution in [0.25, 0.3) is 10.2 Å². The van der Waals surface area contributed by atoms with Gasteiger partial charge < -0.3 is 15.1 Å². The fraction of sp³-hybridized carbons (Fsp3) is 0.364. The number of piperazine rings is 1. The summed E-state index contributed by atoms with van der Waals surface area (Å²) in [7, 11) is 0. The summed E-state index contributed by atoms with van der Waals surface area (Å²) in [5.41, 5.74) is 1.57. The van der Waals surface area contributed by atoms with Crippen molar-refractivity contribution < 1.29 is 9.59 Å². The average molecular weight is 437 g/mol. The minimum Gasteiger partial charge on any atom is -0.353 e. The zero-order valence-corrected chi connectivity index (χ0v) is 18.0. The number of aromatic nitrogens is 2. The summed E-state index contributed by atoms with van der Waals surface area (Å²) in [6.07, 6.45) is 3.10. The van der Waals surface area contributed by atoms with Crippen LogP contribution >= 0.6 is 11.3 Å². The second kappa shape index (κ2) is 8.60. The molecule has 5 rings (SSSR count). The lowest BCUT2D eigenvalue weighted by Gasteiger charge is -2.35. The van der Waals surface area contributed by atoms with Crippen LogP contribution in [0.15, 0.2) is 42.0 Å². The molecule has 160 valence electrons. The molecule has 2 aliphatic rings. The van der Waals surface area contributed by atoms with Crippen molar-refractivity contribution in [1.29, 1.82) is 0 Å². The van der Waals surface area contributed by atoms with Gasteiger partial charge in [-0.25, -0.2) is 9.97 Å². The molecule has 2 aromatic heterocycles. The van der Waals surface area contributed by atoms with E-state index in [0.29, 0.717) is 13.0 Å². The second-order valence-electron chi connectivity index (χ2n) is 7.85. The van der Waals surface area contributed by atoms with E-state index in [1.807, 2.05) is 29.6 Å². The highest BCUT2D eigenvalue weighted by atomic mass is 32.1. The largest absolute Gasteiger partial charge is 0.353 e. The van der Waals surface area contributed by atoms with Crippen LogP contribution in [0.1, 0.15) is 12.8 Å². The van der Waals surface area contributed by atoms with Gasteiger partial charge in [-0.05, 0) is 36.1 Å². The smallest absolute Gasteiger partial charge is 0.238 e. The zero-order valence-electron chi connectivity index (χ0n) is 17.2. The summed E-state index contributed by atoms with van der Waals surface area (Å²) < 4.78 is 0. The molecular weight excluding hydrogens is 412 g/mol. The molecule has 2 amide bonds. The molecule has 0 atom stereocenters. The number of fused-ring (bicyclic) bond motifs is 1. The van der Waals surface area contributed by atoms with Crippen molar-refractivity contribution in [2.24, 2.45) is 0 Å². The number of hydrogen-bond donors (Lipinski definition) is 1. The number of carbonyl (C=O) groups excluding carboxylic acids is 2. The Morgan fingerprint density at radius 1 is 1.10 bits per heavy atom. The van der Waals surface area contributed by atoms with Crippen LogP contribution in [0, 0.1) is 0 Å². The highest BCUT2D eigenvalue weighted by Gasteiger charge is 2.23. The van der Waals surface area contributed by atoms with Crippen molar-refractivity contribution in [3.8, 4) is 0 Å². The van der Waals surface area contributed by atoms with Crippen LogP contribution in [-0.2, 0) is 9.59 Å². The third kappa shape index (κ3) is 4.24. The number of hydrogen-bond acceptors (Lipinski definition) is 7. The van der Waals surface area contributed by atoms with E-state index in [1.165, 1.54) is 0 Å². The molecule has 0 radical (unpaired) electrons. The standard InChI is InChI=1S/C22H24N6O2S/c29-19(25-16-3-1-4-17(13-16)28-7-2-5-20(28)30)14-26-8-10-27(11-9-26)21-18-6-12-31-22(18)24-15-23-21/h1,3-4,6,12-13,15H,2,5,7-11,14H2,(H,25,29). The minimum absolute atomic E-state index is 0.0411. The van der Waals surface area contributed by atoms with Crippen LogP contribution < -0.4 is 15.1 Å². The Morgan fingerprint density at radius 3 is 2.77 bits per heavy atom. The second-order valence-corrected chi connectivity index (χ2v) is 8.74. The number of amides is 2. The summed E-state index contributed by atoms with van der Waals surface area (Å²) in [4.78, 5) is 40.6. The third-order valence-electron chi connectivity index (χ3n) is 5.79. The molecule has 0 saturated carbocycles. The van der Waals surface area contributed by atoms with E-state index in [1.54, 1.807) is 22.6 Å². The van der Waals surface area contributed by atoms with E-state index < -0.39 is 0 Å². The first kappa shape index (κ1) is 19.9. The van der Waals surface area contributed by atoms with Crippen molar-refractivity contribution >= 4 is 50.6 Å². The molecule has 4 heterocycles. The van der Waals surface area contributed by atoms with E-state index in [4.69, 9.17) is 0 Å². The highest BCUT2D eigenvalue weighted by molar-refractivity contribution is 7.16. The molecular formula is C22H24N6O2S. The van der Waals surface area contributed by atoms with Crippen molar-refractivity contribution in [3.05, 3.63) is 42.0 Å². The topological polar surface area (TPSA) is 81.7 Å². The number of nitrogens with one attached hydrogen (secondary N) is 1. The van der Waals surface area contributed by atoms with Gasteiger partial charge in [-0.1, -0.05) is 6.07 Å². The fourth-order valence-corrected chi connectivity index (χ4v) is 4.95. The van der Waals surface area contributed by atoms with Crippen LogP contribution in [-0.4, -0.2) is 66.0 Å². The Morgan fingerprint density at radius 2 is 1.97 bits per heavy atom. The summed E-state index contributed by atoms with van der Waals surface area (Å²) in [5.74, 6) is 1.08. The lowest BCUT2D eigenvalue weighted by atomic mass is 10.2. The van der Waals surface area contributed by atoms with Crippen molar-refractivity contribution in [3.63, 3.8) is 0 Å². The molecule has 1 aromatic carbocycles. The van der Waals surface area contributed by atoms with Gasteiger partial charge in [-0.3, -0.25) is 14.5 Å². The molecule has 0 unspecified atom stereocenters. The maximum absolute atomic E-state index is 12.6. The predicted molar refractivity (Wildman–Crippen MR) is 123 cm³/mol. The number of rotatable bonds is 5. The predicted octanol–water partition coefficient (Wildman–Crippen LogP) is 2.58. The van der Waals surface area contributed by atoms with Crippen LogP contribution in [0.2, 0.25) is 0 Å². The van der Waals surface area contributed by atoms with Gasteiger partial charge in [0.25, 0.3) is 0 Å². The first-order valence-corrected chi connectivity index (χ1v) is 11.4. The minimum atomic E-state index is -0.0411. The quantitative estimate of drug-likeness (QED) is 0.662.